The van der Waals surface area contributed by atoms with Gasteiger partial charge in [-0.15, -0.1) is 0 Å². The number of hydrogen-bond acceptors (Lipinski definition) is 2. The Morgan fingerprint density at radius 3 is 2.30 bits per heavy atom. The Balaban J connectivity index is 2.62. The zero-order chi connectivity index (χ0) is 17.1. The van der Waals surface area contributed by atoms with E-state index in [0.29, 0.717) is 16.3 Å². The van der Waals surface area contributed by atoms with Crippen LogP contribution in [0.4, 0.5) is 18.9 Å². The van der Waals surface area contributed by atoms with Gasteiger partial charge in [-0.2, -0.15) is 13.2 Å². The van der Waals surface area contributed by atoms with Gasteiger partial charge in [-0.25, -0.2) is 0 Å². The summed E-state index contributed by atoms with van der Waals surface area (Å²) in [6.07, 6.45) is -4.70. The second kappa shape index (κ2) is 4.85. The van der Waals surface area contributed by atoms with Crippen LogP contribution in [0.15, 0.2) is 29.1 Å². The standard InChI is InChI=1S/C18H16F3NO/c1-8(2)10-4-5-11-7-13(18(19,20)21)17(23)15-14(11)12(6-10)9(3)16(15)22/h4-8H,22H2,1-3H3. The molecule has 0 amide bonds. The molecule has 0 saturated heterocycles. The molecule has 0 saturated carbocycles. The molecule has 0 atom stereocenters. The van der Waals surface area contributed by atoms with Crippen molar-refractivity contribution in [3.8, 4) is 0 Å². The van der Waals surface area contributed by atoms with Crippen molar-refractivity contribution < 1.29 is 13.2 Å². The van der Waals surface area contributed by atoms with Crippen molar-refractivity contribution in [3.63, 3.8) is 0 Å². The smallest absolute Gasteiger partial charge is 0.398 e. The molecular formula is C18H16F3NO. The minimum atomic E-state index is -4.70. The first-order valence-corrected chi connectivity index (χ1v) is 7.32. The largest absolute Gasteiger partial charge is 0.420 e. The number of nitrogens with two attached hydrogens (primary N) is 1. The predicted octanol–water partition coefficient (Wildman–Crippen LogP) is 4.82. The monoisotopic (exact) mass is 319 g/mol. The molecule has 23 heavy (non-hydrogen) atoms. The van der Waals surface area contributed by atoms with Crippen LogP contribution in [0.25, 0.3) is 21.5 Å². The number of halogens is 3. The fourth-order valence-electron chi connectivity index (χ4n) is 3.04. The van der Waals surface area contributed by atoms with Crippen molar-refractivity contribution in [2.45, 2.75) is 32.9 Å². The summed E-state index contributed by atoms with van der Waals surface area (Å²) in [5.74, 6) is 0.208. The molecule has 0 spiro atoms. The van der Waals surface area contributed by atoms with Crippen LogP contribution in [-0.2, 0) is 6.18 Å². The van der Waals surface area contributed by atoms with Gasteiger partial charge in [0.25, 0.3) is 0 Å². The lowest BCUT2D eigenvalue weighted by Gasteiger charge is -2.07. The summed E-state index contributed by atoms with van der Waals surface area (Å²) in [6.45, 7) is 5.75. The first kappa shape index (κ1) is 15.6. The molecule has 0 unspecified atom stereocenters. The molecule has 0 fully saturated rings. The van der Waals surface area contributed by atoms with Gasteiger partial charge in [0.2, 0.25) is 5.43 Å². The minimum absolute atomic E-state index is 0.0202. The molecule has 3 aromatic rings. The van der Waals surface area contributed by atoms with E-state index < -0.39 is 17.2 Å². The van der Waals surface area contributed by atoms with Crippen molar-refractivity contribution in [2.24, 2.45) is 0 Å². The molecule has 3 rings (SSSR count). The highest BCUT2D eigenvalue weighted by molar-refractivity contribution is 6.19. The molecule has 3 aromatic carbocycles. The average Bonchev–Trinajstić information content (AvgIpc) is 2.61. The fourth-order valence-corrected chi connectivity index (χ4v) is 3.04. The van der Waals surface area contributed by atoms with E-state index in [1.54, 1.807) is 19.1 Å². The van der Waals surface area contributed by atoms with Crippen LogP contribution in [0.3, 0.4) is 0 Å². The van der Waals surface area contributed by atoms with Crippen molar-refractivity contribution in [2.75, 3.05) is 5.73 Å². The number of rotatable bonds is 1. The Hall–Kier alpha value is -2.30. The van der Waals surface area contributed by atoms with E-state index in [1.165, 1.54) is 0 Å². The topological polar surface area (TPSA) is 43.1 Å². The average molecular weight is 319 g/mol. The molecule has 5 heteroatoms. The van der Waals surface area contributed by atoms with E-state index in [1.807, 2.05) is 19.9 Å². The summed E-state index contributed by atoms with van der Waals surface area (Å²) in [4.78, 5) is 12.3. The lowest BCUT2D eigenvalue weighted by Crippen LogP contribution is -2.19. The van der Waals surface area contributed by atoms with Gasteiger partial charge in [0, 0.05) is 11.1 Å². The van der Waals surface area contributed by atoms with Crippen LogP contribution in [0.5, 0.6) is 0 Å². The highest BCUT2D eigenvalue weighted by Crippen LogP contribution is 2.39. The quantitative estimate of drug-likeness (QED) is 0.698. The minimum Gasteiger partial charge on any atom is -0.398 e. The molecule has 0 aliphatic rings. The third-order valence-corrected chi connectivity index (χ3v) is 4.40. The lowest BCUT2D eigenvalue weighted by molar-refractivity contribution is -0.138. The van der Waals surface area contributed by atoms with E-state index in [4.69, 9.17) is 5.73 Å². The van der Waals surface area contributed by atoms with Gasteiger partial charge >= 0.3 is 6.18 Å². The highest BCUT2D eigenvalue weighted by atomic mass is 19.4. The Morgan fingerprint density at radius 2 is 1.74 bits per heavy atom. The van der Waals surface area contributed by atoms with Crippen molar-refractivity contribution in [1.82, 2.24) is 0 Å². The molecule has 0 aromatic heterocycles. The predicted molar refractivity (Wildman–Crippen MR) is 87.2 cm³/mol. The maximum Gasteiger partial charge on any atom is 0.420 e. The summed E-state index contributed by atoms with van der Waals surface area (Å²) >= 11 is 0. The molecule has 2 N–H and O–H groups in total. The number of aryl methyl sites for hydroxylation is 1. The summed E-state index contributed by atoms with van der Waals surface area (Å²) < 4.78 is 39.5. The van der Waals surface area contributed by atoms with Gasteiger partial charge in [-0.3, -0.25) is 4.79 Å². The molecule has 0 aliphatic carbocycles. The number of benzene rings is 1. The van der Waals surface area contributed by atoms with E-state index >= 15 is 0 Å². The number of anilines is 1. The second-order valence-corrected chi connectivity index (χ2v) is 6.17. The van der Waals surface area contributed by atoms with Gasteiger partial charge in [-0.05, 0) is 40.8 Å². The van der Waals surface area contributed by atoms with Gasteiger partial charge in [0.15, 0.2) is 0 Å². The maximum absolute atomic E-state index is 13.2. The van der Waals surface area contributed by atoms with Crippen LogP contribution in [-0.4, -0.2) is 0 Å². The lowest BCUT2D eigenvalue weighted by atomic mass is 10.0. The molecular weight excluding hydrogens is 303 g/mol. The van der Waals surface area contributed by atoms with Gasteiger partial charge < -0.3 is 5.73 Å². The van der Waals surface area contributed by atoms with Crippen LogP contribution in [0.2, 0.25) is 0 Å². The molecule has 0 aliphatic heterocycles. The second-order valence-electron chi connectivity index (χ2n) is 6.17. The van der Waals surface area contributed by atoms with Gasteiger partial charge in [-0.1, -0.05) is 32.0 Å². The zero-order valence-corrected chi connectivity index (χ0v) is 13.0. The van der Waals surface area contributed by atoms with E-state index in [2.05, 4.69) is 0 Å². The first-order chi connectivity index (χ1) is 10.6. The van der Waals surface area contributed by atoms with Crippen LogP contribution >= 0.6 is 0 Å². The zero-order valence-electron chi connectivity index (χ0n) is 13.0. The Labute approximate surface area is 131 Å². The third kappa shape index (κ3) is 2.22. The van der Waals surface area contributed by atoms with Gasteiger partial charge in [0.1, 0.15) is 5.56 Å². The molecule has 0 bridgehead atoms. The van der Waals surface area contributed by atoms with E-state index in [9.17, 15) is 18.0 Å². The number of hydrogen-bond donors (Lipinski definition) is 1. The van der Waals surface area contributed by atoms with Gasteiger partial charge in [0.05, 0.1) is 5.39 Å². The van der Waals surface area contributed by atoms with E-state index in [0.717, 1.165) is 17.0 Å². The summed E-state index contributed by atoms with van der Waals surface area (Å²) in [6, 6.07) is 6.29. The number of nitrogen functional groups attached to an aromatic ring is 1. The van der Waals surface area contributed by atoms with Crippen molar-refractivity contribution in [1.29, 1.82) is 0 Å². The molecule has 120 valence electrons. The van der Waals surface area contributed by atoms with Crippen molar-refractivity contribution in [3.05, 3.63) is 51.2 Å². The SMILES string of the molecule is Cc1c(N)c2c(=O)c(C(F)(F)F)cc3ccc(C(C)C)cc1c32. The first-order valence-electron chi connectivity index (χ1n) is 7.32. The Bertz CT molecular complexity index is 974. The summed E-state index contributed by atoms with van der Waals surface area (Å²) in [5.41, 5.74) is 5.54. The maximum atomic E-state index is 13.2. The fraction of sp³-hybridized carbons (Fsp3) is 0.278. The number of alkyl halides is 3. The van der Waals surface area contributed by atoms with Crippen LogP contribution in [0, 0.1) is 6.92 Å². The molecule has 0 radical (unpaired) electrons. The van der Waals surface area contributed by atoms with Crippen molar-refractivity contribution >= 4 is 27.2 Å². The molecule has 2 nitrogen and oxygen atoms in total. The van der Waals surface area contributed by atoms with Crippen LogP contribution < -0.4 is 11.2 Å². The Morgan fingerprint density at radius 1 is 1.09 bits per heavy atom. The summed E-state index contributed by atoms with van der Waals surface area (Å²) in [5, 5.41) is 1.62. The molecule has 0 heterocycles. The normalized spacial score (nSPS) is 12.7. The van der Waals surface area contributed by atoms with E-state index in [-0.39, 0.29) is 17.0 Å². The highest BCUT2D eigenvalue weighted by Gasteiger charge is 2.35. The summed E-state index contributed by atoms with van der Waals surface area (Å²) in [7, 11) is 0. The Kier molecular flexibility index (Phi) is 3.29. The third-order valence-electron chi connectivity index (χ3n) is 4.40. The van der Waals surface area contributed by atoms with Crippen LogP contribution in [0.1, 0.15) is 36.5 Å².